The lowest BCUT2D eigenvalue weighted by molar-refractivity contribution is -0.141. The molecule has 0 saturated heterocycles. The van der Waals surface area contributed by atoms with Gasteiger partial charge in [-0.15, -0.1) is 0 Å². The van der Waals surface area contributed by atoms with E-state index in [1.807, 2.05) is 0 Å². The predicted molar refractivity (Wildman–Crippen MR) is 96.4 cm³/mol. The number of ketones is 1. The molecule has 0 bridgehead atoms. The highest BCUT2D eigenvalue weighted by atomic mass is 16.5. The first kappa shape index (κ1) is 18.3. The molecule has 0 radical (unpaired) electrons. The number of hydrogen-bond acceptors (Lipinski definition) is 7. The number of carbonyl (C=O) groups is 2. The highest BCUT2D eigenvalue weighted by molar-refractivity contribution is 6.01. The molecule has 0 atom stereocenters. The van der Waals surface area contributed by atoms with Crippen LogP contribution < -0.4 is 9.47 Å². The molecule has 3 aromatic rings. The van der Waals surface area contributed by atoms with Gasteiger partial charge in [-0.05, 0) is 30.3 Å². The number of methoxy groups -OCH3 is 2. The van der Waals surface area contributed by atoms with E-state index in [4.69, 9.17) is 18.6 Å². The van der Waals surface area contributed by atoms with Crippen LogP contribution in [0, 0.1) is 0 Å². The fourth-order valence-electron chi connectivity index (χ4n) is 2.67. The van der Waals surface area contributed by atoms with E-state index in [1.165, 1.54) is 38.7 Å². The first-order valence-corrected chi connectivity index (χ1v) is 8.11. The summed E-state index contributed by atoms with van der Waals surface area (Å²) in [5.74, 6) is -0.0260. The highest BCUT2D eigenvalue weighted by Crippen LogP contribution is 2.26. The molecule has 3 rings (SSSR count). The van der Waals surface area contributed by atoms with Gasteiger partial charge in [0.05, 0.1) is 32.5 Å². The van der Waals surface area contributed by atoms with E-state index < -0.39 is 18.4 Å². The average molecular weight is 370 g/mol. The van der Waals surface area contributed by atoms with Crippen molar-refractivity contribution in [2.24, 2.45) is 0 Å². The number of fused-ring (bicyclic) bond motifs is 1. The normalized spacial score (nSPS) is 10.6. The van der Waals surface area contributed by atoms with Crippen molar-refractivity contribution in [1.82, 2.24) is 0 Å². The van der Waals surface area contributed by atoms with Crippen LogP contribution >= 0.6 is 0 Å². The molecule has 0 saturated carbocycles. The van der Waals surface area contributed by atoms with Crippen molar-refractivity contribution in [2.45, 2.75) is 6.42 Å². The summed E-state index contributed by atoms with van der Waals surface area (Å²) in [5, 5.41) is 10.1. The van der Waals surface area contributed by atoms with Crippen LogP contribution in [-0.4, -0.2) is 37.7 Å². The van der Waals surface area contributed by atoms with E-state index in [1.54, 1.807) is 18.2 Å². The fourth-order valence-corrected chi connectivity index (χ4v) is 2.67. The molecule has 140 valence electrons. The number of ether oxygens (including phenoxy) is 3. The summed E-state index contributed by atoms with van der Waals surface area (Å²) in [4.78, 5) is 24.5. The minimum Gasteiger partial charge on any atom is -0.508 e. The Labute approximate surface area is 155 Å². The van der Waals surface area contributed by atoms with E-state index in [9.17, 15) is 14.7 Å². The van der Waals surface area contributed by atoms with Gasteiger partial charge in [0, 0.05) is 17.0 Å². The Morgan fingerprint density at radius 2 is 1.89 bits per heavy atom. The smallest absolute Gasteiger partial charge is 0.310 e. The predicted octanol–water partition coefficient (Wildman–Crippen LogP) is 3.12. The lowest BCUT2D eigenvalue weighted by Crippen LogP contribution is -2.16. The Bertz CT molecular complexity index is 987. The van der Waals surface area contributed by atoms with Crippen LogP contribution in [0.25, 0.3) is 11.0 Å². The van der Waals surface area contributed by atoms with Gasteiger partial charge in [-0.25, -0.2) is 0 Å². The zero-order valence-electron chi connectivity index (χ0n) is 14.9. The third kappa shape index (κ3) is 4.03. The summed E-state index contributed by atoms with van der Waals surface area (Å²) >= 11 is 0. The van der Waals surface area contributed by atoms with Crippen LogP contribution in [0.1, 0.15) is 15.9 Å². The minimum absolute atomic E-state index is 0.0553. The molecule has 7 nitrogen and oxygen atoms in total. The van der Waals surface area contributed by atoms with Crippen molar-refractivity contribution in [1.29, 1.82) is 0 Å². The number of benzene rings is 2. The van der Waals surface area contributed by atoms with Gasteiger partial charge in [-0.3, -0.25) is 9.59 Å². The summed E-state index contributed by atoms with van der Waals surface area (Å²) in [6.07, 6.45) is 1.37. The van der Waals surface area contributed by atoms with E-state index >= 15 is 0 Å². The Kier molecular flexibility index (Phi) is 5.30. The van der Waals surface area contributed by atoms with Gasteiger partial charge in [0.1, 0.15) is 22.8 Å². The van der Waals surface area contributed by atoms with Crippen molar-refractivity contribution < 1.29 is 33.3 Å². The SMILES string of the molecule is COc1ccc(OC)c(C(=O)COC(=O)Cc2coc3cc(O)ccc23)c1. The molecule has 27 heavy (non-hydrogen) atoms. The van der Waals surface area contributed by atoms with Gasteiger partial charge in [-0.1, -0.05) is 0 Å². The fraction of sp³-hybridized carbons (Fsp3) is 0.200. The van der Waals surface area contributed by atoms with E-state index in [-0.39, 0.29) is 17.7 Å². The summed E-state index contributed by atoms with van der Waals surface area (Å²) in [6, 6.07) is 9.44. The quantitative estimate of drug-likeness (QED) is 0.504. The summed E-state index contributed by atoms with van der Waals surface area (Å²) < 4.78 is 20.7. The molecule has 2 aromatic carbocycles. The molecule has 0 aliphatic carbocycles. The number of phenolic OH excluding ortho intramolecular Hbond substituents is 1. The first-order valence-electron chi connectivity index (χ1n) is 8.11. The van der Waals surface area contributed by atoms with Gasteiger partial charge >= 0.3 is 5.97 Å². The highest BCUT2D eigenvalue weighted by Gasteiger charge is 2.17. The van der Waals surface area contributed by atoms with Crippen LogP contribution in [-0.2, 0) is 16.0 Å². The van der Waals surface area contributed by atoms with Gasteiger partial charge in [0.15, 0.2) is 6.61 Å². The van der Waals surface area contributed by atoms with Crippen LogP contribution in [0.15, 0.2) is 47.1 Å². The van der Waals surface area contributed by atoms with Crippen LogP contribution in [0.4, 0.5) is 0 Å². The zero-order chi connectivity index (χ0) is 19.4. The minimum atomic E-state index is -0.569. The number of esters is 1. The molecular formula is C20H18O7. The topological polar surface area (TPSA) is 95.2 Å². The Balaban J connectivity index is 1.66. The number of carbonyl (C=O) groups excluding carboxylic acids is 2. The molecule has 7 heteroatoms. The van der Waals surface area contributed by atoms with Crippen molar-refractivity contribution in [3.05, 3.63) is 53.8 Å². The Morgan fingerprint density at radius 1 is 1.07 bits per heavy atom. The largest absolute Gasteiger partial charge is 0.508 e. The van der Waals surface area contributed by atoms with Crippen LogP contribution in [0.3, 0.4) is 0 Å². The molecule has 0 fully saturated rings. The van der Waals surface area contributed by atoms with Gasteiger partial charge in [0.25, 0.3) is 0 Å². The maximum atomic E-state index is 12.4. The third-order valence-electron chi connectivity index (χ3n) is 4.05. The number of Topliss-reactive ketones (excluding diaryl/α,β-unsaturated/α-hetero) is 1. The average Bonchev–Trinajstić information content (AvgIpc) is 3.07. The summed E-state index contributed by atoms with van der Waals surface area (Å²) in [6.45, 7) is -0.418. The molecule has 0 spiro atoms. The second-order valence-electron chi connectivity index (χ2n) is 5.77. The van der Waals surface area contributed by atoms with E-state index in [2.05, 4.69) is 0 Å². The molecule has 1 heterocycles. The molecular weight excluding hydrogens is 352 g/mol. The second-order valence-corrected chi connectivity index (χ2v) is 5.77. The van der Waals surface area contributed by atoms with Crippen molar-refractivity contribution >= 4 is 22.7 Å². The van der Waals surface area contributed by atoms with Gasteiger partial charge in [-0.2, -0.15) is 0 Å². The molecule has 1 N–H and O–H groups in total. The van der Waals surface area contributed by atoms with Crippen LogP contribution in [0.2, 0.25) is 0 Å². The number of hydrogen-bond donors (Lipinski definition) is 1. The Hall–Kier alpha value is -3.48. The molecule has 1 aromatic heterocycles. The van der Waals surface area contributed by atoms with E-state index in [0.717, 1.165) is 0 Å². The lowest BCUT2D eigenvalue weighted by atomic mass is 10.1. The maximum absolute atomic E-state index is 12.4. The van der Waals surface area contributed by atoms with Gasteiger partial charge < -0.3 is 23.7 Å². The molecule has 0 unspecified atom stereocenters. The monoisotopic (exact) mass is 370 g/mol. The van der Waals surface area contributed by atoms with Crippen molar-refractivity contribution in [2.75, 3.05) is 20.8 Å². The lowest BCUT2D eigenvalue weighted by Gasteiger charge is -2.10. The summed E-state index contributed by atoms with van der Waals surface area (Å²) in [7, 11) is 2.94. The van der Waals surface area contributed by atoms with E-state index in [0.29, 0.717) is 28.0 Å². The second kappa shape index (κ2) is 7.82. The standard InChI is InChI=1S/C20H18O7/c1-24-14-4-6-18(25-2)16(9-14)17(22)11-27-20(23)7-12-10-26-19-8-13(21)3-5-15(12)19/h3-6,8-10,21H,7,11H2,1-2H3. The molecule has 0 amide bonds. The first-order chi connectivity index (χ1) is 13.0. The zero-order valence-corrected chi connectivity index (χ0v) is 14.9. The van der Waals surface area contributed by atoms with Crippen LogP contribution in [0.5, 0.6) is 17.2 Å². The van der Waals surface area contributed by atoms with Gasteiger partial charge in [0.2, 0.25) is 5.78 Å². The third-order valence-corrected chi connectivity index (χ3v) is 4.05. The maximum Gasteiger partial charge on any atom is 0.310 e. The molecule has 0 aliphatic rings. The number of furan rings is 1. The van der Waals surface area contributed by atoms with Crippen molar-refractivity contribution in [3.63, 3.8) is 0 Å². The Morgan fingerprint density at radius 3 is 2.63 bits per heavy atom. The molecule has 0 aliphatic heterocycles. The number of phenols is 1. The van der Waals surface area contributed by atoms with Crippen molar-refractivity contribution in [3.8, 4) is 17.2 Å². The number of aromatic hydroxyl groups is 1. The number of rotatable bonds is 7. The summed E-state index contributed by atoms with van der Waals surface area (Å²) in [5.41, 5.74) is 1.35.